The van der Waals surface area contributed by atoms with E-state index < -0.39 is 0 Å². The number of piperidine rings is 1. The lowest BCUT2D eigenvalue weighted by Gasteiger charge is -2.35. The van der Waals surface area contributed by atoms with Gasteiger partial charge in [-0.05, 0) is 37.8 Å². The van der Waals surface area contributed by atoms with Gasteiger partial charge in [-0.1, -0.05) is 6.07 Å². The Labute approximate surface area is 172 Å². The van der Waals surface area contributed by atoms with Crippen LogP contribution in [0.4, 0.5) is 0 Å². The maximum atomic E-state index is 12.5. The Hall–Kier alpha value is -1.96. The SMILES string of the molecule is O=C(CN1CCN(Cc2cn3ccccc3n2)CC1)NC1CCN(C2CC2)CC1. The maximum absolute atomic E-state index is 12.5. The Bertz CT molecular complexity index is 798. The van der Waals surface area contributed by atoms with Gasteiger partial charge in [0.25, 0.3) is 0 Å². The standard InChI is InChI=1S/C22H32N6O/c29-22(24-18-6-9-27(10-7-18)20-4-5-20)17-26-13-11-25(12-14-26)15-19-16-28-8-2-1-3-21(28)23-19/h1-3,8,16,18,20H,4-7,9-15,17H2,(H,24,29). The van der Waals surface area contributed by atoms with Crippen molar-refractivity contribution in [1.29, 1.82) is 0 Å². The molecular weight excluding hydrogens is 364 g/mol. The summed E-state index contributed by atoms with van der Waals surface area (Å²) in [6, 6.07) is 7.30. The van der Waals surface area contributed by atoms with Crippen LogP contribution in [0.1, 0.15) is 31.4 Å². The second kappa shape index (κ2) is 8.42. The molecule has 7 nitrogen and oxygen atoms in total. The van der Waals surface area contributed by atoms with Crippen molar-refractivity contribution in [2.75, 3.05) is 45.8 Å². The molecule has 0 radical (unpaired) electrons. The summed E-state index contributed by atoms with van der Waals surface area (Å²) in [5.41, 5.74) is 2.11. The third-order valence-corrected chi connectivity index (χ3v) is 6.59. The number of carbonyl (C=O) groups is 1. The van der Waals surface area contributed by atoms with Crippen LogP contribution in [-0.2, 0) is 11.3 Å². The van der Waals surface area contributed by atoms with Gasteiger partial charge in [0.15, 0.2) is 0 Å². The van der Waals surface area contributed by atoms with Crippen LogP contribution >= 0.6 is 0 Å². The second-order valence-electron chi connectivity index (χ2n) is 8.86. The normalized spacial score (nSPS) is 22.9. The van der Waals surface area contributed by atoms with E-state index in [1.807, 2.05) is 24.4 Å². The summed E-state index contributed by atoms with van der Waals surface area (Å²) in [5, 5.41) is 3.28. The van der Waals surface area contributed by atoms with Gasteiger partial charge in [0, 0.05) is 70.3 Å². The number of nitrogens with one attached hydrogen (secondary N) is 1. The molecule has 2 aromatic rings. The average Bonchev–Trinajstić information content (AvgIpc) is 3.50. The number of piperazine rings is 1. The average molecular weight is 397 g/mol. The van der Waals surface area contributed by atoms with E-state index in [2.05, 4.69) is 30.6 Å². The monoisotopic (exact) mass is 396 g/mol. The minimum atomic E-state index is 0.198. The highest BCUT2D eigenvalue weighted by Gasteiger charge is 2.32. The quantitative estimate of drug-likeness (QED) is 0.795. The first-order valence-electron chi connectivity index (χ1n) is 11.1. The number of hydrogen-bond acceptors (Lipinski definition) is 5. The van der Waals surface area contributed by atoms with Gasteiger partial charge in [0.1, 0.15) is 5.65 Å². The van der Waals surface area contributed by atoms with Crippen LogP contribution < -0.4 is 5.32 Å². The zero-order chi connectivity index (χ0) is 19.6. The summed E-state index contributed by atoms with van der Waals surface area (Å²) in [5.74, 6) is 0.198. The molecule has 3 fully saturated rings. The van der Waals surface area contributed by atoms with Gasteiger partial charge in [0.05, 0.1) is 12.2 Å². The van der Waals surface area contributed by atoms with Gasteiger partial charge in [0.2, 0.25) is 5.91 Å². The molecular formula is C22H32N6O. The van der Waals surface area contributed by atoms with E-state index in [0.717, 1.165) is 76.0 Å². The lowest BCUT2D eigenvalue weighted by molar-refractivity contribution is -0.123. The molecule has 0 aromatic carbocycles. The fraction of sp³-hybridized carbons (Fsp3) is 0.636. The minimum absolute atomic E-state index is 0.198. The molecule has 2 saturated heterocycles. The molecule has 0 bridgehead atoms. The van der Waals surface area contributed by atoms with E-state index in [4.69, 9.17) is 4.98 Å². The first kappa shape index (κ1) is 19.0. The Morgan fingerprint density at radius 1 is 1.00 bits per heavy atom. The number of likely N-dealkylation sites (tertiary alicyclic amines) is 1. The molecule has 7 heteroatoms. The molecule has 1 amide bonds. The second-order valence-corrected chi connectivity index (χ2v) is 8.86. The highest BCUT2D eigenvalue weighted by molar-refractivity contribution is 5.78. The molecule has 1 aliphatic carbocycles. The third kappa shape index (κ3) is 4.79. The topological polar surface area (TPSA) is 56.1 Å². The number of fused-ring (bicyclic) bond motifs is 1. The number of pyridine rings is 1. The first-order chi connectivity index (χ1) is 14.2. The molecule has 4 heterocycles. The van der Waals surface area contributed by atoms with Crippen LogP contribution in [0, 0.1) is 0 Å². The largest absolute Gasteiger partial charge is 0.352 e. The fourth-order valence-corrected chi connectivity index (χ4v) is 4.72. The van der Waals surface area contributed by atoms with Crippen LogP contribution in [0.2, 0.25) is 0 Å². The van der Waals surface area contributed by atoms with Crippen molar-refractivity contribution in [3.05, 3.63) is 36.3 Å². The Kier molecular flexibility index (Phi) is 5.52. The summed E-state index contributed by atoms with van der Waals surface area (Å²) >= 11 is 0. The molecule has 1 N–H and O–H groups in total. The van der Waals surface area contributed by atoms with E-state index in [1.165, 1.54) is 12.8 Å². The summed E-state index contributed by atoms with van der Waals surface area (Å²) in [7, 11) is 0. The molecule has 2 aliphatic heterocycles. The smallest absolute Gasteiger partial charge is 0.234 e. The lowest BCUT2D eigenvalue weighted by atomic mass is 10.0. The predicted molar refractivity (Wildman–Crippen MR) is 113 cm³/mol. The number of aromatic nitrogens is 2. The Balaban J connectivity index is 1.03. The van der Waals surface area contributed by atoms with Crippen LogP contribution in [0.3, 0.4) is 0 Å². The van der Waals surface area contributed by atoms with Crippen molar-refractivity contribution in [2.24, 2.45) is 0 Å². The third-order valence-electron chi connectivity index (χ3n) is 6.59. The van der Waals surface area contributed by atoms with Gasteiger partial charge >= 0.3 is 0 Å². The minimum Gasteiger partial charge on any atom is -0.352 e. The predicted octanol–water partition coefficient (Wildman–Crippen LogP) is 1.19. The van der Waals surface area contributed by atoms with Crippen molar-refractivity contribution >= 4 is 11.6 Å². The summed E-state index contributed by atoms with van der Waals surface area (Å²) in [6.45, 7) is 7.57. The van der Waals surface area contributed by atoms with Crippen molar-refractivity contribution < 1.29 is 4.79 Å². The van der Waals surface area contributed by atoms with Gasteiger partial charge in [-0.15, -0.1) is 0 Å². The number of rotatable bonds is 6. The van der Waals surface area contributed by atoms with Crippen LogP contribution in [0.15, 0.2) is 30.6 Å². The van der Waals surface area contributed by atoms with Gasteiger partial charge < -0.3 is 14.6 Å². The fourth-order valence-electron chi connectivity index (χ4n) is 4.72. The summed E-state index contributed by atoms with van der Waals surface area (Å²) in [6.07, 6.45) is 9.12. The van der Waals surface area contributed by atoms with E-state index >= 15 is 0 Å². The van der Waals surface area contributed by atoms with Crippen molar-refractivity contribution in [2.45, 2.75) is 44.3 Å². The summed E-state index contributed by atoms with van der Waals surface area (Å²) in [4.78, 5) is 24.5. The lowest BCUT2D eigenvalue weighted by Crippen LogP contribution is -2.51. The van der Waals surface area contributed by atoms with Crippen molar-refractivity contribution in [1.82, 2.24) is 29.4 Å². The van der Waals surface area contributed by atoms with E-state index in [1.54, 1.807) is 0 Å². The Morgan fingerprint density at radius 3 is 2.48 bits per heavy atom. The molecule has 0 unspecified atom stereocenters. The van der Waals surface area contributed by atoms with Gasteiger partial charge in [-0.3, -0.25) is 14.6 Å². The van der Waals surface area contributed by atoms with Gasteiger partial charge in [-0.25, -0.2) is 4.98 Å². The molecule has 0 atom stereocenters. The zero-order valence-electron chi connectivity index (χ0n) is 17.2. The number of hydrogen-bond donors (Lipinski definition) is 1. The van der Waals surface area contributed by atoms with Crippen molar-refractivity contribution in [3.63, 3.8) is 0 Å². The van der Waals surface area contributed by atoms with Crippen molar-refractivity contribution in [3.8, 4) is 0 Å². The highest BCUT2D eigenvalue weighted by atomic mass is 16.2. The van der Waals surface area contributed by atoms with Crippen LogP contribution in [0.5, 0.6) is 0 Å². The molecule has 1 saturated carbocycles. The number of amides is 1. The molecule has 3 aliphatic rings. The van der Waals surface area contributed by atoms with Gasteiger partial charge in [-0.2, -0.15) is 0 Å². The molecule has 156 valence electrons. The number of nitrogens with zero attached hydrogens (tertiary/aromatic N) is 5. The van der Waals surface area contributed by atoms with Crippen LogP contribution in [0.25, 0.3) is 5.65 Å². The Morgan fingerprint density at radius 2 is 1.76 bits per heavy atom. The molecule has 29 heavy (non-hydrogen) atoms. The highest BCUT2D eigenvalue weighted by Crippen LogP contribution is 2.29. The molecule has 0 spiro atoms. The van der Waals surface area contributed by atoms with E-state index in [-0.39, 0.29) is 5.91 Å². The van der Waals surface area contributed by atoms with Crippen LogP contribution in [-0.4, -0.2) is 87.9 Å². The molecule has 2 aromatic heterocycles. The maximum Gasteiger partial charge on any atom is 0.234 e. The molecule has 5 rings (SSSR count). The van der Waals surface area contributed by atoms with E-state index in [0.29, 0.717) is 12.6 Å². The first-order valence-corrected chi connectivity index (χ1v) is 11.1. The summed E-state index contributed by atoms with van der Waals surface area (Å²) < 4.78 is 2.07. The zero-order valence-corrected chi connectivity index (χ0v) is 17.2. The number of carbonyl (C=O) groups excluding carboxylic acids is 1. The van der Waals surface area contributed by atoms with E-state index in [9.17, 15) is 4.79 Å². The number of imidazole rings is 1.